The third-order valence-electron chi connectivity index (χ3n) is 3.32. The smallest absolute Gasteiger partial charge is 0.429 e. The highest BCUT2D eigenvalue weighted by molar-refractivity contribution is 6.04. The van der Waals surface area contributed by atoms with E-state index in [2.05, 4.69) is 15.7 Å². The predicted molar refractivity (Wildman–Crippen MR) is 92.4 cm³/mol. The molecule has 0 spiro atoms. The average molecular weight is 342 g/mol. The number of rotatable bonds is 5. The van der Waals surface area contributed by atoms with Gasteiger partial charge in [0, 0.05) is 18.3 Å². The quantitative estimate of drug-likeness (QED) is 0.636. The summed E-state index contributed by atoms with van der Waals surface area (Å²) >= 11 is 0. The molecule has 0 aromatic heterocycles. The number of ether oxygens (including phenoxy) is 1. The van der Waals surface area contributed by atoms with Crippen molar-refractivity contribution in [1.82, 2.24) is 5.01 Å². The minimum Gasteiger partial charge on any atom is -0.494 e. The largest absolute Gasteiger partial charge is 0.494 e. The summed E-state index contributed by atoms with van der Waals surface area (Å²) in [6.07, 6.45) is -1.24. The van der Waals surface area contributed by atoms with Crippen molar-refractivity contribution >= 4 is 23.4 Å². The Balaban J connectivity index is 2.31. The number of nitrogens with one attached hydrogen (secondary N) is 1. The Morgan fingerprint density at radius 2 is 1.88 bits per heavy atom. The summed E-state index contributed by atoms with van der Waals surface area (Å²) in [5.74, 6) is 0.177. The molecule has 2 aromatic carbocycles. The van der Waals surface area contributed by atoms with Crippen molar-refractivity contribution in [3.63, 3.8) is 0 Å². The van der Waals surface area contributed by atoms with E-state index in [-0.39, 0.29) is 5.91 Å². The van der Waals surface area contributed by atoms with Crippen LogP contribution in [0.1, 0.15) is 15.9 Å². The second-order valence-electron chi connectivity index (χ2n) is 5.16. The lowest BCUT2D eigenvalue weighted by Gasteiger charge is -2.12. The van der Waals surface area contributed by atoms with Crippen LogP contribution in [0.4, 0.5) is 16.2 Å². The summed E-state index contributed by atoms with van der Waals surface area (Å²) < 4.78 is 5.28. The summed E-state index contributed by atoms with van der Waals surface area (Å²) in [7, 11) is 2.73. The van der Waals surface area contributed by atoms with E-state index in [1.54, 1.807) is 43.3 Å². The van der Waals surface area contributed by atoms with Gasteiger partial charge in [0.15, 0.2) is 0 Å². The molecule has 0 saturated heterocycles. The highest BCUT2D eigenvalue weighted by Gasteiger charge is 2.12. The third kappa shape index (κ3) is 4.54. The molecule has 0 aliphatic heterocycles. The second kappa shape index (κ2) is 7.91. The molecule has 0 fully saturated rings. The number of carboxylic acid groups (broad SMARTS) is 1. The molecule has 0 aliphatic carbocycles. The van der Waals surface area contributed by atoms with E-state index in [1.807, 2.05) is 6.07 Å². The van der Waals surface area contributed by atoms with Crippen LogP contribution in [0, 0.1) is 6.92 Å². The minimum absolute atomic E-state index is 0.268. The molecule has 2 N–H and O–H groups in total. The molecule has 0 atom stereocenters. The number of hydrogen-bond donors (Lipinski definition) is 2. The van der Waals surface area contributed by atoms with Gasteiger partial charge in [-0.15, -0.1) is 5.11 Å². The highest BCUT2D eigenvalue weighted by Crippen LogP contribution is 2.35. The molecule has 0 radical (unpaired) electrons. The van der Waals surface area contributed by atoms with Crippen molar-refractivity contribution in [1.29, 1.82) is 0 Å². The number of benzene rings is 2. The van der Waals surface area contributed by atoms with E-state index in [4.69, 9.17) is 9.84 Å². The van der Waals surface area contributed by atoms with Gasteiger partial charge in [0.1, 0.15) is 11.4 Å². The monoisotopic (exact) mass is 342 g/mol. The zero-order valence-corrected chi connectivity index (χ0v) is 14.1. The van der Waals surface area contributed by atoms with E-state index in [9.17, 15) is 9.59 Å². The Bertz CT molecular complexity index is 806. The lowest BCUT2D eigenvalue weighted by Crippen LogP contribution is -2.17. The Morgan fingerprint density at radius 1 is 1.20 bits per heavy atom. The Hall–Kier alpha value is -3.42. The van der Waals surface area contributed by atoms with Gasteiger partial charge in [0.25, 0.3) is 5.91 Å². The van der Waals surface area contributed by atoms with Crippen molar-refractivity contribution in [2.24, 2.45) is 10.3 Å². The molecule has 2 aromatic rings. The second-order valence-corrected chi connectivity index (χ2v) is 5.16. The van der Waals surface area contributed by atoms with Gasteiger partial charge in [-0.05, 0) is 36.8 Å². The van der Waals surface area contributed by atoms with Crippen LogP contribution in [0.3, 0.4) is 0 Å². The first-order chi connectivity index (χ1) is 11.9. The first kappa shape index (κ1) is 17.9. The van der Waals surface area contributed by atoms with Gasteiger partial charge >= 0.3 is 6.09 Å². The molecule has 0 aliphatic rings. The Labute approximate surface area is 144 Å². The van der Waals surface area contributed by atoms with Crippen LogP contribution in [0.2, 0.25) is 0 Å². The number of carbonyl (C=O) groups excluding carboxylic acids is 1. The SMILES string of the molecule is COc1c(C)cc(NC(=O)c2ccccc2)cc1N=NN(C)C(=O)O. The zero-order chi connectivity index (χ0) is 18.4. The summed E-state index contributed by atoms with van der Waals surface area (Å²) in [4.78, 5) is 23.1. The third-order valence-corrected chi connectivity index (χ3v) is 3.32. The maximum atomic E-state index is 12.3. The lowest BCUT2D eigenvalue weighted by molar-refractivity contribution is 0.102. The normalized spacial score (nSPS) is 10.5. The van der Waals surface area contributed by atoms with Gasteiger partial charge in [-0.25, -0.2) is 4.79 Å². The van der Waals surface area contributed by atoms with Gasteiger partial charge in [0.05, 0.1) is 7.11 Å². The van der Waals surface area contributed by atoms with E-state index in [0.29, 0.717) is 27.7 Å². The van der Waals surface area contributed by atoms with Crippen LogP contribution >= 0.6 is 0 Å². The van der Waals surface area contributed by atoms with Gasteiger partial charge in [-0.1, -0.05) is 23.4 Å². The molecule has 2 amide bonds. The molecule has 8 heteroatoms. The Morgan fingerprint density at radius 3 is 2.48 bits per heavy atom. The number of methoxy groups -OCH3 is 1. The number of amides is 2. The molecule has 0 heterocycles. The van der Waals surface area contributed by atoms with Gasteiger partial charge in [0.2, 0.25) is 0 Å². The number of carbonyl (C=O) groups is 2. The summed E-state index contributed by atoms with van der Waals surface area (Å²) in [5, 5.41) is 19.8. The first-order valence-electron chi connectivity index (χ1n) is 7.35. The van der Waals surface area contributed by atoms with Crippen LogP contribution in [-0.2, 0) is 0 Å². The summed E-state index contributed by atoms with van der Waals surface area (Å²) in [6, 6.07) is 12.1. The molecule has 0 bridgehead atoms. The fraction of sp³-hybridized carbons (Fsp3) is 0.176. The van der Waals surface area contributed by atoms with E-state index in [1.165, 1.54) is 14.2 Å². The zero-order valence-electron chi connectivity index (χ0n) is 14.1. The topological polar surface area (TPSA) is 104 Å². The van der Waals surface area contributed by atoms with Crippen LogP contribution in [0.5, 0.6) is 5.75 Å². The molecule has 130 valence electrons. The summed E-state index contributed by atoms with van der Waals surface area (Å²) in [6.45, 7) is 1.79. The highest BCUT2D eigenvalue weighted by atomic mass is 16.5. The van der Waals surface area contributed by atoms with Crippen LogP contribution in [-0.4, -0.2) is 36.3 Å². The average Bonchev–Trinajstić information content (AvgIpc) is 2.60. The van der Waals surface area contributed by atoms with Gasteiger partial charge in [-0.3, -0.25) is 4.79 Å². The van der Waals surface area contributed by atoms with Gasteiger partial charge in [-0.2, -0.15) is 5.01 Å². The maximum Gasteiger partial charge on any atom is 0.429 e. The van der Waals surface area contributed by atoms with Crippen LogP contribution in [0.25, 0.3) is 0 Å². The fourth-order valence-electron chi connectivity index (χ4n) is 2.11. The van der Waals surface area contributed by atoms with E-state index < -0.39 is 6.09 Å². The van der Waals surface area contributed by atoms with Gasteiger partial charge < -0.3 is 15.2 Å². The predicted octanol–water partition coefficient (Wildman–Crippen LogP) is 3.86. The van der Waals surface area contributed by atoms with Crippen molar-refractivity contribution < 1.29 is 19.4 Å². The molecule has 8 nitrogen and oxygen atoms in total. The Kier molecular flexibility index (Phi) is 5.67. The van der Waals surface area contributed by atoms with Crippen molar-refractivity contribution in [3.05, 3.63) is 53.6 Å². The fourth-order valence-corrected chi connectivity index (χ4v) is 2.11. The number of nitrogens with zero attached hydrogens (tertiary/aromatic N) is 3. The molecular weight excluding hydrogens is 324 g/mol. The first-order valence-corrected chi connectivity index (χ1v) is 7.35. The van der Waals surface area contributed by atoms with Crippen LogP contribution in [0.15, 0.2) is 52.8 Å². The van der Waals surface area contributed by atoms with Crippen molar-refractivity contribution in [2.45, 2.75) is 6.92 Å². The molecule has 0 saturated carbocycles. The lowest BCUT2D eigenvalue weighted by atomic mass is 10.1. The molecule has 25 heavy (non-hydrogen) atoms. The summed E-state index contributed by atoms with van der Waals surface area (Å²) in [5.41, 5.74) is 2.04. The van der Waals surface area contributed by atoms with Crippen molar-refractivity contribution in [2.75, 3.05) is 19.5 Å². The molecule has 0 unspecified atom stereocenters. The van der Waals surface area contributed by atoms with E-state index >= 15 is 0 Å². The number of hydrogen-bond acceptors (Lipinski definition) is 5. The standard InChI is InChI=1S/C17H18N4O4/c1-11-9-13(18-16(22)12-7-5-4-6-8-12)10-14(15(11)25-3)19-20-21(2)17(23)24/h4-10H,1-3H3,(H,18,22)(H,23,24). The number of anilines is 1. The number of aryl methyl sites for hydroxylation is 1. The maximum absolute atomic E-state index is 12.3. The van der Waals surface area contributed by atoms with Crippen LogP contribution < -0.4 is 10.1 Å². The molecule has 2 rings (SSSR count). The molecular formula is C17H18N4O4. The van der Waals surface area contributed by atoms with E-state index in [0.717, 1.165) is 5.56 Å². The minimum atomic E-state index is -1.24. The van der Waals surface area contributed by atoms with Crippen molar-refractivity contribution in [3.8, 4) is 5.75 Å².